The van der Waals surface area contributed by atoms with E-state index in [9.17, 15) is 4.79 Å². The van der Waals surface area contributed by atoms with Gasteiger partial charge in [-0.2, -0.15) is 0 Å². The molecule has 4 nitrogen and oxygen atoms in total. The van der Waals surface area contributed by atoms with Gasteiger partial charge in [0, 0.05) is 18.2 Å². The van der Waals surface area contributed by atoms with Crippen molar-refractivity contribution in [3.8, 4) is 5.75 Å². The molecule has 0 spiro atoms. The standard InChI is InChI=1S/C11H12ClNO3/c1-15-11(14)10(7-2-3-7)16-9-4-8(12)5-13-6-9/h4-7,10H,2-3H2,1H3. The van der Waals surface area contributed by atoms with Crippen LogP contribution in [0, 0.1) is 5.92 Å². The number of carbonyl (C=O) groups excluding carboxylic acids is 1. The van der Waals surface area contributed by atoms with Crippen molar-refractivity contribution in [1.82, 2.24) is 4.98 Å². The number of nitrogens with zero attached hydrogens (tertiary/aromatic N) is 1. The molecular weight excluding hydrogens is 230 g/mol. The zero-order chi connectivity index (χ0) is 11.5. The van der Waals surface area contributed by atoms with Gasteiger partial charge in [-0.1, -0.05) is 11.6 Å². The van der Waals surface area contributed by atoms with Crippen LogP contribution in [0.25, 0.3) is 0 Å². The highest BCUT2D eigenvalue weighted by Gasteiger charge is 2.39. The molecule has 1 unspecified atom stereocenters. The highest BCUT2D eigenvalue weighted by molar-refractivity contribution is 6.30. The van der Waals surface area contributed by atoms with Crippen LogP contribution >= 0.6 is 11.6 Å². The van der Waals surface area contributed by atoms with Crippen LogP contribution in [0.1, 0.15) is 12.8 Å². The number of methoxy groups -OCH3 is 1. The zero-order valence-electron chi connectivity index (χ0n) is 8.85. The monoisotopic (exact) mass is 241 g/mol. The molecule has 5 heteroatoms. The first-order valence-electron chi connectivity index (χ1n) is 5.05. The van der Waals surface area contributed by atoms with Gasteiger partial charge in [0.2, 0.25) is 0 Å². The molecule has 1 heterocycles. The lowest BCUT2D eigenvalue weighted by Gasteiger charge is -2.15. The summed E-state index contributed by atoms with van der Waals surface area (Å²) in [5.41, 5.74) is 0. The molecular formula is C11H12ClNO3. The van der Waals surface area contributed by atoms with Gasteiger partial charge >= 0.3 is 5.97 Å². The van der Waals surface area contributed by atoms with Crippen LogP contribution in [-0.4, -0.2) is 24.2 Å². The van der Waals surface area contributed by atoms with Crippen LogP contribution in [0.3, 0.4) is 0 Å². The highest BCUT2D eigenvalue weighted by Crippen LogP contribution is 2.35. The van der Waals surface area contributed by atoms with E-state index in [4.69, 9.17) is 21.1 Å². The first-order chi connectivity index (χ1) is 7.70. The summed E-state index contributed by atoms with van der Waals surface area (Å²) >= 11 is 5.78. The van der Waals surface area contributed by atoms with Gasteiger partial charge in [-0.25, -0.2) is 4.79 Å². The predicted molar refractivity (Wildman–Crippen MR) is 58.4 cm³/mol. The number of pyridine rings is 1. The van der Waals surface area contributed by atoms with Crippen molar-refractivity contribution in [2.24, 2.45) is 5.92 Å². The van der Waals surface area contributed by atoms with Crippen molar-refractivity contribution in [1.29, 1.82) is 0 Å². The summed E-state index contributed by atoms with van der Waals surface area (Å²) in [5.74, 6) is 0.406. The predicted octanol–water partition coefficient (Wildman–Crippen LogP) is 2.07. The zero-order valence-corrected chi connectivity index (χ0v) is 9.61. The minimum Gasteiger partial charge on any atom is -0.477 e. The molecule has 1 aromatic heterocycles. The molecule has 0 radical (unpaired) electrons. The lowest BCUT2D eigenvalue weighted by molar-refractivity contribution is -0.149. The number of aromatic nitrogens is 1. The van der Waals surface area contributed by atoms with Gasteiger partial charge in [0.05, 0.1) is 18.3 Å². The van der Waals surface area contributed by atoms with Gasteiger partial charge in [0.1, 0.15) is 5.75 Å². The van der Waals surface area contributed by atoms with E-state index in [2.05, 4.69) is 4.98 Å². The Morgan fingerprint density at radius 1 is 1.56 bits per heavy atom. The van der Waals surface area contributed by atoms with Crippen molar-refractivity contribution in [3.05, 3.63) is 23.5 Å². The fourth-order valence-corrected chi connectivity index (χ4v) is 1.62. The molecule has 0 bridgehead atoms. The molecule has 1 aliphatic rings. The lowest BCUT2D eigenvalue weighted by Crippen LogP contribution is -2.30. The molecule has 16 heavy (non-hydrogen) atoms. The topological polar surface area (TPSA) is 48.4 Å². The Labute approximate surface area is 98.5 Å². The highest BCUT2D eigenvalue weighted by atomic mass is 35.5. The van der Waals surface area contributed by atoms with E-state index in [0.29, 0.717) is 10.8 Å². The average molecular weight is 242 g/mol. The maximum Gasteiger partial charge on any atom is 0.347 e. The molecule has 0 aromatic carbocycles. The van der Waals surface area contributed by atoms with Crippen LogP contribution in [0.15, 0.2) is 18.5 Å². The summed E-state index contributed by atoms with van der Waals surface area (Å²) < 4.78 is 10.2. The quantitative estimate of drug-likeness (QED) is 0.758. The van der Waals surface area contributed by atoms with Gasteiger partial charge in [0.25, 0.3) is 0 Å². The van der Waals surface area contributed by atoms with Crippen LogP contribution in [0.4, 0.5) is 0 Å². The van der Waals surface area contributed by atoms with Crippen molar-refractivity contribution >= 4 is 17.6 Å². The maximum absolute atomic E-state index is 11.5. The first kappa shape index (κ1) is 11.2. The summed E-state index contributed by atoms with van der Waals surface area (Å²) in [6, 6.07) is 1.63. The van der Waals surface area contributed by atoms with E-state index < -0.39 is 6.10 Å². The second kappa shape index (κ2) is 4.70. The summed E-state index contributed by atoms with van der Waals surface area (Å²) in [6.45, 7) is 0. The Balaban J connectivity index is 2.08. The van der Waals surface area contributed by atoms with E-state index in [-0.39, 0.29) is 11.9 Å². The summed E-state index contributed by atoms with van der Waals surface area (Å²) in [4.78, 5) is 15.4. The van der Waals surface area contributed by atoms with Crippen molar-refractivity contribution < 1.29 is 14.3 Å². The molecule has 2 rings (SSSR count). The number of rotatable bonds is 4. The average Bonchev–Trinajstić information content (AvgIpc) is 3.09. The third-order valence-corrected chi connectivity index (χ3v) is 2.63. The Morgan fingerprint density at radius 3 is 2.88 bits per heavy atom. The number of hydrogen-bond acceptors (Lipinski definition) is 4. The normalized spacial score (nSPS) is 16.6. The lowest BCUT2D eigenvalue weighted by atomic mass is 10.2. The molecule has 1 fully saturated rings. The number of hydrogen-bond donors (Lipinski definition) is 0. The first-order valence-corrected chi connectivity index (χ1v) is 5.43. The number of esters is 1. The van der Waals surface area contributed by atoms with Gasteiger partial charge < -0.3 is 9.47 Å². The third-order valence-electron chi connectivity index (χ3n) is 2.43. The summed E-state index contributed by atoms with van der Waals surface area (Å²) in [6.07, 6.45) is 4.50. The van der Waals surface area contributed by atoms with Gasteiger partial charge in [-0.3, -0.25) is 4.98 Å². The molecule has 1 aromatic rings. The Hall–Kier alpha value is -1.29. The minimum absolute atomic E-state index is 0.256. The minimum atomic E-state index is -0.537. The molecule has 0 saturated heterocycles. The molecule has 1 saturated carbocycles. The summed E-state index contributed by atoms with van der Waals surface area (Å²) in [5, 5.41) is 0.483. The molecule has 0 amide bonds. The molecule has 0 aliphatic heterocycles. The second-order valence-corrected chi connectivity index (χ2v) is 4.17. The Kier molecular flexibility index (Phi) is 3.29. The second-order valence-electron chi connectivity index (χ2n) is 3.74. The fourth-order valence-electron chi connectivity index (χ4n) is 1.46. The molecule has 86 valence electrons. The van der Waals surface area contributed by atoms with Crippen LogP contribution in [-0.2, 0) is 9.53 Å². The Morgan fingerprint density at radius 2 is 2.31 bits per heavy atom. The van der Waals surface area contributed by atoms with Crippen LogP contribution in [0.2, 0.25) is 5.02 Å². The smallest absolute Gasteiger partial charge is 0.347 e. The largest absolute Gasteiger partial charge is 0.477 e. The Bertz CT molecular complexity index is 393. The van der Waals surface area contributed by atoms with E-state index in [1.165, 1.54) is 19.5 Å². The van der Waals surface area contributed by atoms with Crippen molar-refractivity contribution in [2.75, 3.05) is 7.11 Å². The molecule has 1 atom stereocenters. The van der Waals surface area contributed by atoms with E-state index in [0.717, 1.165) is 12.8 Å². The van der Waals surface area contributed by atoms with Gasteiger partial charge in [-0.05, 0) is 12.8 Å². The molecule has 0 N–H and O–H groups in total. The summed E-state index contributed by atoms with van der Waals surface area (Å²) in [7, 11) is 1.36. The number of carbonyl (C=O) groups is 1. The maximum atomic E-state index is 11.5. The number of halogens is 1. The van der Waals surface area contributed by atoms with E-state index >= 15 is 0 Å². The van der Waals surface area contributed by atoms with Crippen molar-refractivity contribution in [2.45, 2.75) is 18.9 Å². The van der Waals surface area contributed by atoms with E-state index in [1.54, 1.807) is 6.07 Å². The van der Waals surface area contributed by atoms with Crippen LogP contribution in [0.5, 0.6) is 5.75 Å². The van der Waals surface area contributed by atoms with E-state index in [1.807, 2.05) is 0 Å². The fraction of sp³-hybridized carbons (Fsp3) is 0.455. The SMILES string of the molecule is COC(=O)C(Oc1cncc(Cl)c1)C1CC1. The van der Waals surface area contributed by atoms with Crippen LogP contribution < -0.4 is 4.74 Å². The number of ether oxygens (including phenoxy) is 2. The third kappa shape index (κ3) is 2.64. The molecule has 1 aliphatic carbocycles. The van der Waals surface area contributed by atoms with Crippen molar-refractivity contribution in [3.63, 3.8) is 0 Å². The van der Waals surface area contributed by atoms with Gasteiger partial charge in [-0.15, -0.1) is 0 Å². The van der Waals surface area contributed by atoms with Gasteiger partial charge in [0.15, 0.2) is 6.10 Å².